The number of anilines is 1. The lowest BCUT2D eigenvalue weighted by molar-refractivity contribution is 0.102. The number of ether oxygens (including phenoxy) is 2. The fraction of sp³-hybridized carbons (Fsp3) is 0.200. The Bertz CT molecular complexity index is 901. The van der Waals surface area contributed by atoms with Crippen molar-refractivity contribution < 1.29 is 14.3 Å². The van der Waals surface area contributed by atoms with Gasteiger partial charge in [-0.2, -0.15) is 5.10 Å². The van der Waals surface area contributed by atoms with Crippen LogP contribution in [0.5, 0.6) is 11.5 Å². The number of nitrogens with zero attached hydrogens (tertiary/aromatic N) is 1. The minimum Gasteiger partial charge on any atom is -0.497 e. The van der Waals surface area contributed by atoms with Gasteiger partial charge in [-0.15, -0.1) is 0 Å². The van der Waals surface area contributed by atoms with E-state index in [1.807, 2.05) is 49.4 Å². The molecule has 0 saturated heterocycles. The van der Waals surface area contributed by atoms with Crippen molar-refractivity contribution in [3.8, 4) is 11.5 Å². The quantitative estimate of drug-likeness (QED) is 0.712. The maximum Gasteiger partial charge on any atom is 0.276 e. The Balaban J connectivity index is 1.69. The molecule has 0 atom stereocenters. The number of H-pyrrole nitrogens is 1. The number of rotatable bonds is 6. The van der Waals surface area contributed by atoms with Crippen LogP contribution in [0.3, 0.4) is 0 Å². The molecule has 3 rings (SSSR count). The summed E-state index contributed by atoms with van der Waals surface area (Å²) in [6.45, 7) is 1.90. The molecule has 1 heterocycles. The van der Waals surface area contributed by atoms with Gasteiger partial charge >= 0.3 is 0 Å². The Morgan fingerprint density at radius 1 is 1.12 bits per heavy atom. The molecular formula is C20H21N3O3. The number of aromatic amines is 1. The number of hydrogen-bond acceptors (Lipinski definition) is 4. The first-order valence-electron chi connectivity index (χ1n) is 8.23. The van der Waals surface area contributed by atoms with Crippen LogP contribution in [0, 0.1) is 6.92 Å². The van der Waals surface area contributed by atoms with E-state index >= 15 is 0 Å². The second kappa shape index (κ2) is 7.74. The summed E-state index contributed by atoms with van der Waals surface area (Å²) in [5.41, 5.74) is 3.88. The van der Waals surface area contributed by atoms with Gasteiger partial charge in [-0.05, 0) is 42.8 Å². The molecule has 0 aliphatic heterocycles. The van der Waals surface area contributed by atoms with E-state index in [4.69, 9.17) is 9.47 Å². The van der Waals surface area contributed by atoms with E-state index in [0.29, 0.717) is 17.8 Å². The Labute approximate surface area is 152 Å². The van der Waals surface area contributed by atoms with Gasteiger partial charge in [0.15, 0.2) is 5.69 Å². The van der Waals surface area contributed by atoms with Crippen LogP contribution in [0.2, 0.25) is 0 Å². The van der Waals surface area contributed by atoms with E-state index in [1.165, 1.54) is 0 Å². The molecule has 1 amide bonds. The summed E-state index contributed by atoms with van der Waals surface area (Å²) >= 11 is 0. The minimum atomic E-state index is -0.265. The highest BCUT2D eigenvalue weighted by molar-refractivity contribution is 6.03. The van der Waals surface area contributed by atoms with Crippen molar-refractivity contribution in [2.75, 3.05) is 19.5 Å². The van der Waals surface area contributed by atoms with Crippen molar-refractivity contribution in [3.05, 3.63) is 71.0 Å². The average Bonchev–Trinajstić information content (AvgIpc) is 3.13. The van der Waals surface area contributed by atoms with Crippen molar-refractivity contribution in [3.63, 3.8) is 0 Å². The highest BCUT2D eigenvalue weighted by atomic mass is 16.5. The number of methoxy groups -OCH3 is 2. The minimum absolute atomic E-state index is 0.265. The van der Waals surface area contributed by atoms with Gasteiger partial charge in [0.1, 0.15) is 11.5 Å². The molecule has 26 heavy (non-hydrogen) atoms. The van der Waals surface area contributed by atoms with E-state index in [0.717, 1.165) is 28.3 Å². The predicted molar refractivity (Wildman–Crippen MR) is 100 cm³/mol. The molecule has 1 aromatic heterocycles. The molecule has 2 aromatic carbocycles. The molecule has 3 aromatic rings. The number of hydrogen-bond donors (Lipinski definition) is 2. The Kier molecular flexibility index (Phi) is 5.22. The largest absolute Gasteiger partial charge is 0.497 e. The van der Waals surface area contributed by atoms with Crippen molar-refractivity contribution in [1.82, 2.24) is 10.2 Å². The van der Waals surface area contributed by atoms with Gasteiger partial charge < -0.3 is 14.8 Å². The second-order valence-electron chi connectivity index (χ2n) is 5.89. The normalized spacial score (nSPS) is 10.4. The number of carbonyl (C=O) groups is 1. The van der Waals surface area contributed by atoms with Crippen LogP contribution < -0.4 is 14.8 Å². The number of aromatic nitrogens is 2. The van der Waals surface area contributed by atoms with E-state index in [1.54, 1.807) is 20.3 Å². The van der Waals surface area contributed by atoms with E-state index in [2.05, 4.69) is 15.5 Å². The van der Waals surface area contributed by atoms with E-state index < -0.39 is 0 Å². The van der Waals surface area contributed by atoms with E-state index in [-0.39, 0.29) is 5.91 Å². The molecule has 134 valence electrons. The zero-order chi connectivity index (χ0) is 18.5. The molecule has 0 spiro atoms. The Morgan fingerprint density at radius 2 is 1.88 bits per heavy atom. The molecule has 0 unspecified atom stereocenters. The SMILES string of the molecule is COc1ccc(Cc2cc(C(=O)Nc3cccc(OC)c3C)n[nH]2)cc1. The Hall–Kier alpha value is -3.28. The molecule has 0 aliphatic carbocycles. The standard InChI is InChI=1S/C20H21N3O3/c1-13-17(5-4-6-19(13)26-3)21-20(24)18-12-15(22-23-18)11-14-7-9-16(25-2)10-8-14/h4-10,12H,11H2,1-3H3,(H,21,24)(H,22,23). The molecule has 0 fully saturated rings. The third kappa shape index (κ3) is 3.85. The van der Waals surface area contributed by atoms with Gasteiger partial charge in [-0.3, -0.25) is 9.89 Å². The highest BCUT2D eigenvalue weighted by Crippen LogP contribution is 2.25. The van der Waals surface area contributed by atoms with Crippen molar-refractivity contribution in [1.29, 1.82) is 0 Å². The van der Waals surface area contributed by atoms with Gasteiger partial charge in [0, 0.05) is 23.4 Å². The summed E-state index contributed by atoms with van der Waals surface area (Å²) in [6, 6.07) is 15.1. The predicted octanol–water partition coefficient (Wildman–Crippen LogP) is 3.58. The topological polar surface area (TPSA) is 76.2 Å². The lowest BCUT2D eigenvalue weighted by Gasteiger charge is -2.10. The lowest BCUT2D eigenvalue weighted by Crippen LogP contribution is -2.13. The molecule has 0 aliphatic rings. The third-order valence-electron chi connectivity index (χ3n) is 4.17. The van der Waals surface area contributed by atoms with E-state index in [9.17, 15) is 4.79 Å². The van der Waals surface area contributed by atoms with Crippen LogP contribution in [0.15, 0.2) is 48.5 Å². The second-order valence-corrected chi connectivity index (χ2v) is 5.89. The summed E-state index contributed by atoms with van der Waals surface area (Å²) in [6.07, 6.45) is 0.655. The maximum absolute atomic E-state index is 12.5. The Morgan fingerprint density at radius 3 is 2.58 bits per heavy atom. The molecular weight excluding hydrogens is 330 g/mol. The van der Waals surface area contributed by atoms with Crippen molar-refractivity contribution in [2.45, 2.75) is 13.3 Å². The number of carbonyl (C=O) groups excluding carboxylic acids is 1. The van der Waals surface area contributed by atoms with Gasteiger partial charge in [0.05, 0.1) is 14.2 Å². The number of benzene rings is 2. The summed E-state index contributed by atoms with van der Waals surface area (Å²) in [7, 11) is 3.24. The van der Waals surface area contributed by atoms with Crippen LogP contribution in [-0.2, 0) is 6.42 Å². The molecule has 0 bridgehead atoms. The van der Waals surface area contributed by atoms with Gasteiger partial charge in [-0.1, -0.05) is 18.2 Å². The zero-order valence-corrected chi connectivity index (χ0v) is 15.0. The number of amides is 1. The molecule has 6 heteroatoms. The van der Waals surface area contributed by atoms with Gasteiger partial charge in [-0.25, -0.2) is 0 Å². The van der Waals surface area contributed by atoms with Crippen molar-refractivity contribution >= 4 is 11.6 Å². The maximum atomic E-state index is 12.5. The van der Waals surface area contributed by atoms with Crippen molar-refractivity contribution in [2.24, 2.45) is 0 Å². The highest BCUT2D eigenvalue weighted by Gasteiger charge is 2.13. The first kappa shape index (κ1) is 17.5. The fourth-order valence-electron chi connectivity index (χ4n) is 2.69. The number of nitrogens with one attached hydrogen (secondary N) is 2. The lowest BCUT2D eigenvalue weighted by atomic mass is 10.1. The molecule has 0 radical (unpaired) electrons. The molecule has 2 N–H and O–H groups in total. The third-order valence-corrected chi connectivity index (χ3v) is 4.17. The summed E-state index contributed by atoms with van der Waals surface area (Å²) in [5.74, 6) is 1.27. The first-order chi connectivity index (χ1) is 12.6. The summed E-state index contributed by atoms with van der Waals surface area (Å²) < 4.78 is 10.4. The van der Waals surface area contributed by atoms with Gasteiger partial charge in [0.25, 0.3) is 5.91 Å². The molecule has 6 nitrogen and oxygen atoms in total. The van der Waals surface area contributed by atoms with Crippen LogP contribution in [0.4, 0.5) is 5.69 Å². The fourth-order valence-corrected chi connectivity index (χ4v) is 2.69. The summed E-state index contributed by atoms with van der Waals surface area (Å²) in [4.78, 5) is 12.5. The summed E-state index contributed by atoms with van der Waals surface area (Å²) in [5, 5.41) is 9.92. The van der Waals surface area contributed by atoms with Crippen LogP contribution in [0.25, 0.3) is 0 Å². The van der Waals surface area contributed by atoms with Gasteiger partial charge in [0.2, 0.25) is 0 Å². The van der Waals surface area contributed by atoms with Crippen LogP contribution >= 0.6 is 0 Å². The van der Waals surface area contributed by atoms with Crippen LogP contribution in [0.1, 0.15) is 27.3 Å². The average molecular weight is 351 g/mol. The zero-order valence-electron chi connectivity index (χ0n) is 15.0. The first-order valence-corrected chi connectivity index (χ1v) is 8.23. The van der Waals surface area contributed by atoms with Crippen LogP contribution in [-0.4, -0.2) is 30.3 Å². The smallest absolute Gasteiger partial charge is 0.276 e. The molecule has 0 saturated carbocycles. The monoisotopic (exact) mass is 351 g/mol.